The number of nitrogens with one attached hydrogen (secondary N) is 2. The first-order valence-electron chi connectivity index (χ1n) is 4.62. The molecule has 0 aromatic heterocycles. The molecular weight excluding hydrogens is 250 g/mol. The Labute approximate surface area is 100 Å². The topological polar surface area (TPSA) is 84.2 Å². The van der Waals surface area contributed by atoms with Crippen molar-refractivity contribution in [2.24, 2.45) is 0 Å². The lowest BCUT2D eigenvalue weighted by Crippen LogP contribution is -2.27. The molecule has 5 nitrogen and oxygen atoms in total. The van der Waals surface area contributed by atoms with Gasteiger partial charge in [0.05, 0.1) is 22.7 Å². The number of halogens is 1. The van der Waals surface area contributed by atoms with Crippen molar-refractivity contribution < 1.29 is 8.42 Å². The number of sulfonamides is 1. The van der Waals surface area contributed by atoms with E-state index in [1.807, 2.05) is 0 Å². The molecule has 1 aromatic carbocycles. The third-order valence-corrected chi connectivity index (χ3v) is 2.92. The van der Waals surface area contributed by atoms with E-state index in [9.17, 15) is 8.42 Å². The summed E-state index contributed by atoms with van der Waals surface area (Å²) in [5, 5.41) is 3.46. The lowest BCUT2D eigenvalue weighted by molar-refractivity contribution is 0.589. The zero-order valence-corrected chi connectivity index (χ0v) is 10.4. The minimum Gasteiger partial charge on any atom is -0.396 e. The van der Waals surface area contributed by atoms with Crippen molar-refractivity contribution in [3.8, 4) is 0 Å². The number of hydrogen-bond acceptors (Lipinski definition) is 4. The van der Waals surface area contributed by atoms with E-state index in [1.165, 1.54) is 0 Å². The molecule has 0 unspecified atom stereocenters. The maximum Gasteiger partial charge on any atom is 0.208 e. The largest absolute Gasteiger partial charge is 0.396 e. The van der Waals surface area contributed by atoms with E-state index in [1.54, 1.807) is 18.2 Å². The second-order valence-corrected chi connectivity index (χ2v) is 5.53. The summed E-state index contributed by atoms with van der Waals surface area (Å²) in [6.07, 6.45) is 1.11. The number of anilines is 2. The highest BCUT2D eigenvalue weighted by Crippen LogP contribution is 2.26. The first kappa shape index (κ1) is 13.1. The van der Waals surface area contributed by atoms with E-state index >= 15 is 0 Å². The van der Waals surface area contributed by atoms with Crippen LogP contribution in [0.2, 0.25) is 5.02 Å². The quantitative estimate of drug-likeness (QED) is 0.544. The summed E-state index contributed by atoms with van der Waals surface area (Å²) in [6, 6.07) is 5.24. The van der Waals surface area contributed by atoms with Crippen LogP contribution >= 0.6 is 11.6 Å². The molecule has 0 aliphatic rings. The molecule has 7 heteroatoms. The van der Waals surface area contributed by atoms with E-state index in [-0.39, 0.29) is 0 Å². The van der Waals surface area contributed by atoms with Crippen molar-refractivity contribution in [1.82, 2.24) is 4.72 Å². The van der Waals surface area contributed by atoms with Gasteiger partial charge in [-0.1, -0.05) is 17.7 Å². The number of rotatable bonds is 5. The summed E-state index contributed by atoms with van der Waals surface area (Å²) < 4.78 is 23.9. The Balaban J connectivity index is 2.47. The monoisotopic (exact) mass is 263 g/mol. The van der Waals surface area contributed by atoms with Gasteiger partial charge in [-0.15, -0.1) is 0 Å². The van der Waals surface area contributed by atoms with Crippen molar-refractivity contribution >= 4 is 33.0 Å². The minimum absolute atomic E-state index is 0.296. The highest BCUT2D eigenvalue weighted by Gasteiger charge is 2.02. The van der Waals surface area contributed by atoms with Gasteiger partial charge in [-0.25, -0.2) is 13.1 Å². The van der Waals surface area contributed by atoms with Gasteiger partial charge in [0.1, 0.15) is 0 Å². The van der Waals surface area contributed by atoms with Crippen LogP contribution in [-0.2, 0) is 10.0 Å². The average Bonchev–Trinajstić information content (AvgIpc) is 2.17. The van der Waals surface area contributed by atoms with Gasteiger partial charge in [-0.2, -0.15) is 0 Å². The standard InChI is InChI=1S/C9H14ClN3O2S/c1-16(14,15)13-6-5-12-8-4-2-3-7(10)9(8)11/h2-4,12-13H,5-6,11H2,1H3. The van der Waals surface area contributed by atoms with Crippen LogP contribution in [0.3, 0.4) is 0 Å². The lowest BCUT2D eigenvalue weighted by atomic mass is 10.2. The Morgan fingerprint density at radius 2 is 2.06 bits per heavy atom. The van der Waals surface area contributed by atoms with Gasteiger partial charge in [0.15, 0.2) is 0 Å². The predicted octanol–water partition coefficient (Wildman–Crippen LogP) is 0.883. The summed E-state index contributed by atoms with van der Waals surface area (Å²) in [7, 11) is -3.14. The molecule has 16 heavy (non-hydrogen) atoms. The number of nitrogens with two attached hydrogens (primary N) is 1. The zero-order valence-electron chi connectivity index (χ0n) is 8.83. The number of nitrogen functional groups attached to an aromatic ring is 1. The molecule has 0 saturated carbocycles. The van der Waals surface area contributed by atoms with Gasteiger partial charge in [0.2, 0.25) is 10.0 Å². The molecule has 0 aliphatic carbocycles. The highest BCUT2D eigenvalue weighted by atomic mass is 35.5. The van der Waals surface area contributed by atoms with Crippen LogP contribution in [0, 0.1) is 0 Å². The lowest BCUT2D eigenvalue weighted by Gasteiger charge is -2.10. The van der Waals surface area contributed by atoms with Crippen molar-refractivity contribution in [1.29, 1.82) is 0 Å². The van der Waals surface area contributed by atoms with Crippen LogP contribution < -0.4 is 15.8 Å². The van der Waals surface area contributed by atoms with Crippen LogP contribution in [-0.4, -0.2) is 27.8 Å². The Bertz CT molecular complexity index is 462. The second-order valence-electron chi connectivity index (χ2n) is 3.29. The zero-order chi connectivity index (χ0) is 12.2. The summed E-state index contributed by atoms with van der Waals surface area (Å²) in [4.78, 5) is 0. The third kappa shape index (κ3) is 4.26. The van der Waals surface area contributed by atoms with Gasteiger partial charge in [-0.05, 0) is 12.1 Å². The molecule has 0 fully saturated rings. The van der Waals surface area contributed by atoms with E-state index in [0.717, 1.165) is 6.26 Å². The molecule has 0 atom stereocenters. The molecule has 0 saturated heterocycles. The molecule has 0 radical (unpaired) electrons. The fourth-order valence-electron chi connectivity index (χ4n) is 1.12. The molecule has 4 N–H and O–H groups in total. The van der Waals surface area contributed by atoms with Gasteiger partial charge in [0, 0.05) is 13.1 Å². The van der Waals surface area contributed by atoms with Crippen LogP contribution in [0.25, 0.3) is 0 Å². The first-order valence-corrected chi connectivity index (χ1v) is 6.89. The highest BCUT2D eigenvalue weighted by molar-refractivity contribution is 7.88. The van der Waals surface area contributed by atoms with Crippen LogP contribution in [0.5, 0.6) is 0 Å². The minimum atomic E-state index is -3.14. The van der Waals surface area contributed by atoms with E-state index < -0.39 is 10.0 Å². The van der Waals surface area contributed by atoms with Gasteiger partial charge < -0.3 is 11.1 Å². The van der Waals surface area contributed by atoms with Crippen molar-refractivity contribution in [3.63, 3.8) is 0 Å². The number of para-hydroxylation sites is 1. The molecule has 0 amide bonds. The number of benzene rings is 1. The molecule has 1 rings (SSSR count). The second kappa shape index (κ2) is 5.38. The molecule has 0 heterocycles. The first-order chi connectivity index (χ1) is 7.40. The molecular formula is C9H14ClN3O2S. The molecule has 0 spiro atoms. The van der Waals surface area contributed by atoms with Gasteiger partial charge >= 0.3 is 0 Å². The fourth-order valence-corrected chi connectivity index (χ4v) is 1.77. The summed E-state index contributed by atoms with van der Waals surface area (Å²) >= 11 is 5.82. The summed E-state index contributed by atoms with van der Waals surface area (Å²) in [6.45, 7) is 0.738. The fraction of sp³-hybridized carbons (Fsp3) is 0.333. The molecule has 1 aromatic rings. The Morgan fingerprint density at radius 3 is 2.69 bits per heavy atom. The van der Waals surface area contributed by atoms with Crippen LogP contribution in [0.1, 0.15) is 0 Å². The molecule has 0 aliphatic heterocycles. The van der Waals surface area contributed by atoms with Crippen molar-refractivity contribution in [2.75, 3.05) is 30.4 Å². The normalized spacial score (nSPS) is 11.4. The van der Waals surface area contributed by atoms with E-state index in [2.05, 4.69) is 10.0 Å². The van der Waals surface area contributed by atoms with Crippen molar-refractivity contribution in [3.05, 3.63) is 23.2 Å². The third-order valence-electron chi connectivity index (χ3n) is 1.86. The van der Waals surface area contributed by atoms with Crippen LogP contribution in [0.4, 0.5) is 11.4 Å². The Kier molecular flexibility index (Phi) is 4.40. The Morgan fingerprint density at radius 1 is 1.38 bits per heavy atom. The number of hydrogen-bond donors (Lipinski definition) is 3. The van der Waals surface area contributed by atoms with Gasteiger partial charge in [-0.3, -0.25) is 0 Å². The van der Waals surface area contributed by atoms with Crippen LogP contribution in [0.15, 0.2) is 18.2 Å². The average molecular weight is 264 g/mol. The van der Waals surface area contributed by atoms with Gasteiger partial charge in [0.25, 0.3) is 0 Å². The maximum absolute atomic E-state index is 10.8. The molecule has 0 bridgehead atoms. The van der Waals surface area contributed by atoms with E-state index in [0.29, 0.717) is 29.5 Å². The smallest absolute Gasteiger partial charge is 0.208 e. The SMILES string of the molecule is CS(=O)(=O)NCCNc1cccc(Cl)c1N. The summed E-state index contributed by atoms with van der Waals surface area (Å²) in [5.41, 5.74) is 6.88. The predicted molar refractivity (Wildman–Crippen MR) is 67.2 cm³/mol. The molecule has 90 valence electrons. The van der Waals surface area contributed by atoms with E-state index in [4.69, 9.17) is 17.3 Å². The van der Waals surface area contributed by atoms with Crippen molar-refractivity contribution in [2.45, 2.75) is 0 Å². The Hall–Kier alpha value is -0.980. The maximum atomic E-state index is 10.8. The summed E-state index contributed by atoms with van der Waals surface area (Å²) in [5.74, 6) is 0.